The Morgan fingerprint density at radius 3 is 2.81 bits per heavy atom. The Balaban J connectivity index is 1.97. The smallest absolute Gasteiger partial charge is 0.0119 e. The van der Waals surface area contributed by atoms with Gasteiger partial charge in [-0.15, -0.1) is 0 Å². The van der Waals surface area contributed by atoms with Gasteiger partial charge in [0.25, 0.3) is 0 Å². The Bertz CT molecular complexity index is 219. The highest BCUT2D eigenvalue weighted by Gasteiger charge is 2.37. The van der Waals surface area contributed by atoms with Gasteiger partial charge < -0.3 is 5.32 Å². The van der Waals surface area contributed by atoms with Crippen molar-refractivity contribution in [3.05, 3.63) is 0 Å². The molecule has 2 heteroatoms. The van der Waals surface area contributed by atoms with E-state index in [1.54, 1.807) is 0 Å². The standard InChI is InChI=1S/C14H28N2/c1-4-14(7-8-15-10-14)11-16-9-5-6-13(16)12(2)3/h12-13,15H,4-11H2,1-3H3. The quantitative estimate of drug-likeness (QED) is 0.789. The van der Waals surface area contributed by atoms with Crippen LogP contribution in [0.15, 0.2) is 0 Å². The zero-order valence-corrected chi connectivity index (χ0v) is 11.3. The first-order chi connectivity index (χ1) is 7.67. The first-order valence-corrected chi connectivity index (χ1v) is 7.12. The molecule has 2 aliphatic heterocycles. The third kappa shape index (κ3) is 2.43. The van der Waals surface area contributed by atoms with Gasteiger partial charge >= 0.3 is 0 Å². The molecule has 2 atom stereocenters. The number of nitrogens with one attached hydrogen (secondary N) is 1. The fourth-order valence-corrected chi connectivity index (χ4v) is 3.58. The summed E-state index contributed by atoms with van der Waals surface area (Å²) in [7, 11) is 0. The molecule has 0 amide bonds. The van der Waals surface area contributed by atoms with E-state index < -0.39 is 0 Å². The molecule has 2 unspecified atom stereocenters. The summed E-state index contributed by atoms with van der Waals surface area (Å²) in [5.41, 5.74) is 0.581. The molecule has 2 aliphatic rings. The normalized spacial score (nSPS) is 36.4. The van der Waals surface area contributed by atoms with Crippen LogP contribution in [0.3, 0.4) is 0 Å². The first kappa shape index (κ1) is 12.4. The Hall–Kier alpha value is -0.0800. The van der Waals surface area contributed by atoms with E-state index in [1.165, 1.54) is 51.9 Å². The molecular formula is C14H28N2. The summed E-state index contributed by atoms with van der Waals surface area (Å²) in [5, 5.41) is 3.56. The van der Waals surface area contributed by atoms with Crippen LogP contribution in [0.25, 0.3) is 0 Å². The Labute approximate surface area is 101 Å². The van der Waals surface area contributed by atoms with Gasteiger partial charge in [0, 0.05) is 19.1 Å². The minimum Gasteiger partial charge on any atom is -0.316 e. The second-order valence-electron chi connectivity index (χ2n) is 6.20. The van der Waals surface area contributed by atoms with E-state index in [2.05, 4.69) is 31.0 Å². The van der Waals surface area contributed by atoms with Crippen LogP contribution in [-0.2, 0) is 0 Å². The molecule has 2 saturated heterocycles. The van der Waals surface area contributed by atoms with Gasteiger partial charge in [-0.05, 0) is 50.1 Å². The zero-order valence-electron chi connectivity index (χ0n) is 11.3. The van der Waals surface area contributed by atoms with Crippen LogP contribution in [0.5, 0.6) is 0 Å². The van der Waals surface area contributed by atoms with E-state index in [4.69, 9.17) is 0 Å². The van der Waals surface area contributed by atoms with Gasteiger partial charge in [0.05, 0.1) is 0 Å². The summed E-state index contributed by atoms with van der Waals surface area (Å²) in [6.07, 6.45) is 5.55. The Kier molecular flexibility index (Phi) is 3.91. The maximum absolute atomic E-state index is 3.56. The average molecular weight is 224 g/mol. The van der Waals surface area contributed by atoms with Crippen molar-refractivity contribution in [2.75, 3.05) is 26.2 Å². The van der Waals surface area contributed by atoms with Gasteiger partial charge in [-0.2, -0.15) is 0 Å². The molecule has 94 valence electrons. The third-order valence-electron chi connectivity index (χ3n) is 4.80. The van der Waals surface area contributed by atoms with E-state index in [9.17, 15) is 0 Å². The lowest BCUT2D eigenvalue weighted by atomic mass is 9.83. The Morgan fingerprint density at radius 2 is 2.25 bits per heavy atom. The van der Waals surface area contributed by atoms with Crippen molar-refractivity contribution in [3.63, 3.8) is 0 Å². The van der Waals surface area contributed by atoms with Crippen LogP contribution in [0.2, 0.25) is 0 Å². The van der Waals surface area contributed by atoms with E-state index in [1.807, 2.05) is 0 Å². The maximum Gasteiger partial charge on any atom is 0.0119 e. The van der Waals surface area contributed by atoms with Gasteiger partial charge in [0.1, 0.15) is 0 Å². The summed E-state index contributed by atoms with van der Waals surface area (Å²) in [5.74, 6) is 0.825. The molecule has 2 rings (SSSR count). The molecule has 0 aliphatic carbocycles. The number of rotatable bonds is 4. The molecule has 0 spiro atoms. The van der Waals surface area contributed by atoms with Gasteiger partial charge in [0.15, 0.2) is 0 Å². The second kappa shape index (κ2) is 5.05. The molecule has 0 radical (unpaired) electrons. The molecule has 16 heavy (non-hydrogen) atoms. The van der Waals surface area contributed by atoms with Crippen LogP contribution >= 0.6 is 0 Å². The fraction of sp³-hybridized carbons (Fsp3) is 1.00. The SMILES string of the molecule is CCC1(CN2CCCC2C(C)C)CCNC1. The van der Waals surface area contributed by atoms with E-state index >= 15 is 0 Å². The molecule has 0 aromatic heterocycles. The van der Waals surface area contributed by atoms with Crippen molar-refractivity contribution >= 4 is 0 Å². The van der Waals surface area contributed by atoms with E-state index in [0.29, 0.717) is 5.41 Å². The second-order valence-corrected chi connectivity index (χ2v) is 6.20. The zero-order chi connectivity index (χ0) is 11.6. The fourth-order valence-electron chi connectivity index (χ4n) is 3.58. The molecule has 0 aromatic carbocycles. The van der Waals surface area contributed by atoms with Crippen LogP contribution in [0, 0.1) is 11.3 Å². The van der Waals surface area contributed by atoms with Crippen LogP contribution in [0.4, 0.5) is 0 Å². The first-order valence-electron chi connectivity index (χ1n) is 7.12. The predicted molar refractivity (Wildman–Crippen MR) is 69.6 cm³/mol. The monoisotopic (exact) mass is 224 g/mol. The molecule has 0 saturated carbocycles. The highest BCUT2D eigenvalue weighted by atomic mass is 15.2. The molecule has 0 aromatic rings. The van der Waals surface area contributed by atoms with Crippen molar-refractivity contribution in [2.45, 2.75) is 52.5 Å². The number of likely N-dealkylation sites (tertiary alicyclic amines) is 1. The number of hydrogen-bond donors (Lipinski definition) is 1. The van der Waals surface area contributed by atoms with E-state index in [-0.39, 0.29) is 0 Å². The number of hydrogen-bond acceptors (Lipinski definition) is 2. The molecule has 1 N–H and O–H groups in total. The largest absolute Gasteiger partial charge is 0.316 e. The minimum atomic E-state index is 0.581. The van der Waals surface area contributed by atoms with Crippen molar-refractivity contribution in [1.82, 2.24) is 10.2 Å². The highest BCUT2D eigenvalue weighted by molar-refractivity contribution is 4.93. The molecule has 2 heterocycles. The molecular weight excluding hydrogens is 196 g/mol. The highest BCUT2D eigenvalue weighted by Crippen LogP contribution is 2.34. The van der Waals surface area contributed by atoms with Crippen LogP contribution in [-0.4, -0.2) is 37.1 Å². The van der Waals surface area contributed by atoms with Gasteiger partial charge in [0.2, 0.25) is 0 Å². The average Bonchev–Trinajstić information content (AvgIpc) is 2.88. The molecule has 0 bridgehead atoms. The van der Waals surface area contributed by atoms with Crippen molar-refractivity contribution in [2.24, 2.45) is 11.3 Å². The van der Waals surface area contributed by atoms with Crippen LogP contribution in [0.1, 0.15) is 46.5 Å². The molecule has 2 fully saturated rings. The lowest BCUT2D eigenvalue weighted by Crippen LogP contribution is -2.43. The van der Waals surface area contributed by atoms with Gasteiger partial charge in [-0.1, -0.05) is 20.8 Å². The predicted octanol–water partition coefficient (Wildman–Crippen LogP) is 2.50. The summed E-state index contributed by atoms with van der Waals surface area (Å²) >= 11 is 0. The Morgan fingerprint density at radius 1 is 1.44 bits per heavy atom. The minimum absolute atomic E-state index is 0.581. The summed E-state index contributed by atoms with van der Waals surface area (Å²) in [6.45, 7) is 12.3. The lowest BCUT2D eigenvalue weighted by Gasteiger charge is -2.36. The summed E-state index contributed by atoms with van der Waals surface area (Å²) in [6, 6.07) is 0.851. The maximum atomic E-state index is 3.56. The number of nitrogens with zero attached hydrogens (tertiary/aromatic N) is 1. The van der Waals surface area contributed by atoms with E-state index in [0.717, 1.165) is 12.0 Å². The summed E-state index contributed by atoms with van der Waals surface area (Å²) < 4.78 is 0. The van der Waals surface area contributed by atoms with Crippen molar-refractivity contribution in [1.29, 1.82) is 0 Å². The van der Waals surface area contributed by atoms with Gasteiger partial charge in [-0.25, -0.2) is 0 Å². The van der Waals surface area contributed by atoms with Crippen molar-refractivity contribution in [3.8, 4) is 0 Å². The lowest BCUT2D eigenvalue weighted by molar-refractivity contribution is 0.125. The molecule has 2 nitrogen and oxygen atoms in total. The topological polar surface area (TPSA) is 15.3 Å². The van der Waals surface area contributed by atoms with Crippen molar-refractivity contribution < 1.29 is 0 Å². The van der Waals surface area contributed by atoms with Crippen LogP contribution < -0.4 is 5.32 Å². The van der Waals surface area contributed by atoms with Gasteiger partial charge in [-0.3, -0.25) is 4.90 Å². The summed E-state index contributed by atoms with van der Waals surface area (Å²) in [4.78, 5) is 2.78. The third-order valence-corrected chi connectivity index (χ3v) is 4.80.